The van der Waals surface area contributed by atoms with E-state index >= 15 is 0 Å². The first-order valence-electron chi connectivity index (χ1n) is 9.14. The predicted octanol–water partition coefficient (Wildman–Crippen LogP) is 3.55. The number of methoxy groups -OCH3 is 2. The Morgan fingerprint density at radius 1 is 1.03 bits per heavy atom. The van der Waals surface area contributed by atoms with Gasteiger partial charge in [0.1, 0.15) is 17.2 Å². The fourth-order valence-corrected chi connectivity index (χ4v) is 3.96. The van der Waals surface area contributed by atoms with E-state index in [2.05, 4.69) is 10.3 Å². The maximum atomic E-state index is 13.3. The number of thiophene rings is 1. The molecule has 0 aliphatic carbocycles. The Kier molecular flexibility index (Phi) is 5.49. The van der Waals surface area contributed by atoms with Crippen LogP contribution in [0.5, 0.6) is 11.5 Å². The molecule has 3 heterocycles. The van der Waals surface area contributed by atoms with Gasteiger partial charge in [0.2, 0.25) is 0 Å². The Bertz CT molecular complexity index is 1110. The largest absolute Gasteiger partial charge is 0.497 e. The summed E-state index contributed by atoms with van der Waals surface area (Å²) in [5.41, 5.74) is 1.96. The maximum absolute atomic E-state index is 13.3. The minimum absolute atomic E-state index is 0.167. The van der Waals surface area contributed by atoms with E-state index in [-0.39, 0.29) is 18.1 Å². The third-order valence-electron chi connectivity index (χ3n) is 4.69. The molecule has 2 amide bonds. The molecule has 8 heteroatoms. The Balaban J connectivity index is 1.73. The molecule has 30 heavy (non-hydrogen) atoms. The van der Waals surface area contributed by atoms with E-state index in [1.165, 1.54) is 23.3 Å². The second-order valence-corrected chi connectivity index (χ2v) is 7.42. The second-order valence-electron chi connectivity index (χ2n) is 6.47. The number of nitrogens with one attached hydrogen (secondary N) is 1. The van der Waals surface area contributed by atoms with Gasteiger partial charge in [0.25, 0.3) is 11.8 Å². The first-order chi connectivity index (χ1) is 14.6. The molecule has 0 unspecified atom stereocenters. The van der Waals surface area contributed by atoms with Crippen molar-refractivity contribution in [3.05, 3.63) is 76.4 Å². The smallest absolute Gasteiger partial charge is 0.278 e. The fourth-order valence-electron chi connectivity index (χ4n) is 3.19. The predicted molar refractivity (Wildman–Crippen MR) is 114 cm³/mol. The summed E-state index contributed by atoms with van der Waals surface area (Å²) in [6.45, 7) is 0.167. The van der Waals surface area contributed by atoms with E-state index in [1.807, 2.05) is 17.5 Å². The van der Waals surface area contributed by atoms with Crippen LogP contribution in [-0.4, -0.2) is 35.9 Å². The van der Waals surface area contributed by atoms with E-state index in [1.54, 1.807) is 49.8 Å². The van der Waals surface area contributed by atoms with Gasteiger partial charge in [-0.15, -0.1) is 11.3 Å². The van der Waals surface area contributed by atoms with Gasteiger partial charge in [0.05, 0.1) is 32.0 Å². The summed E-state index contributed by atoms with van der Waals surface area (Å²) in [5.74, 6) is 0.394. The molecular weight excluding hydrogens is 402 g/mol. The molecule has 0 bridgehead atoms. The Morgan fingerprint density at radius 2 is 1.83 bits per heavy atom. The summed E-state index contributed by atoms with van der Waals surface area (Å²) in [4.78, 5) is 32.4. The molecule has 1 aliphatic rings. The highest BCUT2D eigenvalue weighted by Gasteiger charge is 2.39. The van der Waals surface area contributed by atoms with Crippen LogP contribution in [0.1, 0.15) is 10.4 Å². The lowest BCUT2D eigenvalue weighted by atomic mass is 10.1. The molecule has 152 valence electrons. The number of aromatic nitrogens is 1. The van der Waals surface area contributed by atoms with Crippen LogP contribution in [0.25, 0.3) is 5.57 Å². The lowest BCUT2D eigenvalue weighted by molar-refractivity contribution is -0.137. The number of imide groups is 1. The van der Waals surface area contributed by atoms with Crippen molar-refractivity contribution >= 4 is 34.4 Å². The Hall–Kier alpha value is -3.65. The number of rotatable bonds is 7. The number of pyridine rings is 1. The Labute approximate surface area is 177 Å². The van der Waals surface area contributed by atoms with Gasteiger partial charge in [-0.05, 0) is 41.3 Å². The van der Waals surface area contributed by atoms with Crippen LogP contribution < -0.4 is 14.8 Å². The van der Waals surface area contributed by atoms with E-state index in [9.17, 15) is 9.59 Å². The molecule has 0 spiro atoms. The second kappa shape index (κ2) is 8.38. The standard InChI is InChI=1S/C22H19N3O4S/c1-28-15-5-6-16(17(12-15)29-2)24-20-19(18-4-3-11-30-18)21(26)25(22(20)27)13-14-7-9-23-10-8-14/h3-12,24H,13H2,1-2H3. The molecule has 1 aliphatic heterocycles. The molecular formula is C22H19N3O4S. The van der Waals surface area contributed by atoms with Crippen LogP contribution in [0.2, 0.25) is 0 Å². The summed E-state index contributed by atoms with van der Waals surface area (Å²) >= 11 is 1.41. The van der Waals surface area contributed by atoms with E-state index in [0.717, 1.165) is 10.4 Å². The van der Waals surface area contributed by atoms with E-state index in [0.29, 0.717) is 22.8 Å². The molecule has 1 aromatic carbocycles. The highest BCUT2D eigenvalue weighted by atomic mass is 32.1. The molecule has 0 fully saturated rings. The first-order valence-corrected chi connectivity index (χ1v) is 10.0. The molecule has 0 saturated heterocycles. The van der Waals surface area contributed by atoms with Crippen LogP contribution in [-0.2, 0) is 16.1 Å². The van der Waals surface area contributed by atoms with Crippen molar-refractivity contribution in [2.45, 2.75) is 6.54 Å². The minimum Gasteiger partial charge on any atom is -0.497 e. The van der Waals surface area contributed by atoms with Crippen molar-refractivity contribution in [1.82, 2.24) is 9.88 Å². The SMILES string of the molecule is COc1ccc(NC2=C(c3cccs3)C(=O)N(Cc3ccncc3)C2=O)c(OC)c1. The van der Waals surface area contributed by atoms with Crippen molar-refractivity contribution in [2.24, 2.45) is 0 Å². The fraction of sp³-hybridized carbons (Fsp3) is 0.136. The highest BCUT2D eigenvalue weighted by molar-refractivity contribution is 7.11. The van der Waals surface area contributed by atoms with Crippen LogP contribution in [0.4, 0.5) is 5.69 Å². The number of anilines is 1. The average Bonchev–Trinajstić information content (AvgIpc) is 3.38. The summed E-state index contributed by atoms with van der Waals surface area (Å²) in [6.07, 6.45) is 3.27. The van der Waals surface area contributed by atoms with Crippen molar-refractivity contribution < 1.29 is 19.1 Å². The maximum Gasteiger partial charge on any atom is 0.278 e. The van der Waals surface area contributed by atoms with Gasteiger partial charge in [-0.2, -0.15) is 0 Å². The number of carbonyl (C=O) groups excluding carboxylic acids is 2. The van der Waals surface area contributed by atoms with E-state index < -0.39 is 5.91 Å². The number of carbonyl (C=O) groups is 2. The lowest BCUT2D eigenvalue weighted by Crippen LogP contribution is -2.32. The van der Waals surface area contributed by atoms with Gasteiger partial charge in [0.15, 0.2) is 0 Å². The minimum atomic E-state index is -0.391. The van der Waals surface area contributed by atoms with Crippen molar-refractivity contribution in [1.29, 1.82) is 0 Å². The van der Waals surface area contributed by atoms with Gasteiger partial charge >= 0.3 is 0 Å². The number of hydrogen-bond donors (Lipinski definition) is 1. The molecule has 0 saturated carbocycles. The third-order valence-corrected chi connectivity index (χ3v) is 5.58. The monoisotopic (exact) mass is 421 g/mol. The van der Waals surface area contributed by atoms with Gasteiger partial charge in [-0.25, -0.2) is 0 Å². The molecule has 2 aromatic heterocycles. The molecule has 0 radical (unpaired) electrons. The van der Waals surface area contributed by atoms with Gasteiger partial charge in [-0.1, -0.05) is 6.07 Å². The average molecular weight is 421 g/mol. The summed E-state index contributed by atoms with van der Waals surface area (Å²) in [6, 6.07) is 12.5. The third kappa shape index (κ3) is 3.65. The number of amides is 2. The van der Waals surface area contributed by atoms with Crippen LogP contribution >= 0.6 is 11.3 Å². The van der Waals surface area contributed by atoms with Gasteiger partial charge < -0.3 is 14.8 Å². The van der Waals surface area contributed by atoms with Crippen molar-refractivity contribution in [3.8, 4) is 11.5 Å². The van der Waals surface area contributed by atoms with Crippen LogP contribution in [0, 0.1) is 0 Å². The summed E-state index contributed by atoms with van der Waals surface area (Å²) in [7, 11) is 3.10. The molecule has 4 rings (SSSR count). The zero-order valence-corrected chi connectivity index (χ0v) is 17.2. The number of nitrogens with zero attached hydrogens (tertiary/aromatic N) is 2. The molecule has 1 N–H and O–H groups in total. The van der Waals surface area contributed by atoms with Crippen molar-refractivity contribution in [2.75, 3.05) is 19.5 Å². The lowest BCUT2D eigenvalue weighted by Gasteiger charge is -2.16. The van der Waals surface area contributed by atoms with Gasteiger partial charge in [0, 0.05) is 23.3 Å². The molecule has 0 atom stereocenters. The van der Waals surface area contributed by atoms with E-state index in [4.69, 9.17) is 9.47 Å². The number of ether oxygens (including phenoxy) is 2. The van der Waals surface area contributed by atoms with Crippen molar-refractivity contribution in [3.63, 3.8) is 0 Å². The first kappa shape index (κ1) is 19.7. The summed E-state index contributed by atoms with van der Waals surface area (Å²) in [5, 5.41) is 5.00. The number of hydrogen-bond acceptors (Lipinski definition) is 7. The Morgan fingerprint density at radius 3 is 2.50 bits per heavy atom. The normalized spacial score (nSPS) is 13.7. The topological polar surface area (TPSA) is 80.8 Å². The number of benzene rings is 1. The quantitative estimate of drug-likeness (QED) is 0.588. The summed E-state index contributed by atoms with van der Waals surface area (Å²) < 4.78 is 10.7. The zero-order valence-electron chi connectivity index (χ0n) is 16.4. The molecule has 7 nitrogen and oxygen atoms in total. The molecule has 3 aromatic rings. The van der Waals surface area contributed by atoms with Crippen LogP contribution in [0.3, 0.4) is 0 Å². The van der Waals surface area contributed by atoms with Crippen LogP contribution in [0.15, 0.2) is 65.9 Å². The zero-order chi connectivity index (χ0) is 21.1. The van der Waals surface area contributed by atoms with Gasteiger partial charge in [-0.3, -0.25) is 19.5 Å². The highest BCUT2D eigenvalue weighted by Crippen LogP contribution is 2.36.